The molecule has 1 heterocycles. The molecule has 0 aliphatic heterocycles. The molecule has 3 nitrogen and oxygen atoms in total. The first-order valence-corrected chi connectivity index (χ1v) is 10.8. The van der Waals surface area contributed by atoms with Crippen LogP contribution in [0.4, 0.5) is 4.39 Å². The van der Waals surface area contributed by atoms with E-state index in [1.165, 1.54) is 25.7 Å². The molecule has 0 amide bonds. The highest BCUT2D eigenvalue weighted by Crippen LogP contribution is 2.38. The van der Waals surface area contributed by atoms with Crippen molar-refractivity contribution in [1.29, 1.82) is 0 Å². The maximum absolute atomic E-state index is 15.0. The standard InChI is InChI=1S/C24H32FNO2/c1-3-5-7-9-16-27-22-14-11-18-19-12-15-23(28-17-8-6-4-2)26-21(19)13-10-20(18)24(22)25/h11-12,14-15H,3-10,13,16-17H2,1-2H3. The summed E-state index contributed by atoms with van der Waals surface area (Å²) in [6.07, 6.45) is 9.25. The monoisotopic (exact) mass is 385 g/mol. The molecule has 0 unspecified atom stereocenters. The minimum Gasteiger partial charge on any atom is -0.491 e. The van der Waals surface area contributed by atoms with E-state index in [1.807, 2.05) is 18.2 Å². The fourth-order valence-electron chi connectivity index (χ4n) is 3.69. The van der Waals surface area contributed by atoms with Crippen LogP contribution in [0.1, 0.15) is 70.1 Å². The fraction of sp³-hybridized carbons (Fsp3) is 0.542. The third kappa shape index (κ3) is 5.03. The number of aryl methyl sites for hydroxylation is 1. The molecule has 0 atom stereocenters. The molecule has 0 bridgehead atoms. The van der Waals surface area contributed by atoms with Crippen molar-refractivity contribution >= 4 is 0 Å². The van der Waals surface area contributed by atoms with E-state index in [4.69, 9.17) is 9.47 Å². The van der Waals surface area contributed by atoms with Gasteiger partial charge < -0.3 is 9.47 Å². The first-order valence-electron chi connectivity index (χ1n) is 10.8. The first kappa shape index (κ1) is 20.6. The van der Waals surface area contributed by atoms with Crippen molar-refractivity contribution in [1.82, 2.24) is 4.98 Å². The Bertz CT molecular complexity index is 775. The predicted molar refractivity (Wildman–Crippen MR) is 112 cm³/mol. The summed E-state index contributed by atoms with van der Waals surface area (Å²) in [5.41, 5.74) is 3.68. The van der Waals surface area contributed by atoms with Crippen LogP contribution in [0.3, 0.4) is 0 Å². The Morgan fingerprint density at radius 3 is 2.36 bits per heavy atom. The number of benzene rings is 1. The van der Waals surface area contributed by atoms with Gasteiger partial charge in [0.2, 0.25) is 5.88 Å². The average molecular weight is 386 g/mol. The second kappa shape index (κ2) is 10.4. The molecule has 3 rings (SSSR count). The molecule has 0 saturated heterocycles. The van der Waals surface area contributed by atoms with Crippen LogP contribution in [0.2, 0.25) is 0 Å². The average Bonchev–Trinajstić information content (AvgIpc) is 2.72. The van der Waals surface area contributed by atoms with Crippen LogP contribution >= 0.6 is 0 Å². The van der Waals surface area contributed by atoms with E-state index in [9.17, 15) is 4.39 Å². The van der Waals surface area contributed by atoms with Gasteiger partial charge in [0, 0.05) is 11.6 Å². The van der Waals surface area contributed by atoms with E-state index in [0.717, 1.165) is 48.1 Å². The van der Waals surface area contributed by atoms with Crippen molar-refractivity contribution in [3.63, 3.8) is 0 Å². The molecule has 152 valence electrons. The van der Waals surface area contributed by atoms with Gasteiger partial charge in [0.1, 0.15) is 0 Å². The van der Waals surface area contributed by atoms with Crippen LogP contribution in [0.15, 0.2) is 24.3 Å². The zero-order valence-corrected chi connectivity index (χ0v) is 17.2. The Morgan fingerprint density at radius 2 is 1.54 bits per heavy atom. The SMILES string of the molecule is CCCCCCOc1ccc2c(c1F)CCc1nc(OCCCCC)ccc1-2. The van der Waals surface area contributed by atoms with Crippen molar-refractivity contribution in [3.05, 3.63) is 41.3 Å². The Hall–Kier alpha value is -2.10. The third-order valence-electron chi connectivity index (χ3n) is 5.31. The van der Waals surface area contributed by atoms with E-state index in [1.54, 1.807) is 6.07 Å². The molecule has 1 aliphatic rings. The number of nitrogens with zero attached hydrogens (tertiary/aromatic N) is 1. The summed E-state index contributed by atoms with van der Waals surface area (Å²) < 4.78 is 26.5. The number of hydrogen-bond acceptors (Lipinski definition) is 3. The molecule has 0 N–H and O–H groups in total. The number of rotatable bonds is 11. The van der Waals surface area contributed by atoms with Crippen molar-refractivity contribution in [2.24, 2.45) is 0 Å². The molecule has 4 heteroatoms. The summed E-state index contributed by atoms with van der Waals surface area (Å²) in [6, 6.07) is 7.65. The zero-order valence-electron chi connectivity index (χ0n) is 17.2. The van der Waals surface area contributed by atoms with Gasteiger partial charge in [-0.25, -0.2) is 9.37 Å². The van der Waals surface area contributed by atoms with Gasteiger partial charge in [0.25, 0.3) is 0 Å². The van der Waals surface area contributed by atoms with E-state index in [-0.39, 0.29) is 5.82 Å². The van der Waals surface area contributed by atoms with Gasteiger partial charge in [-0.2, -0.15) is 0 Å². The molecule has 1 aromatic carbocycles. The fourth-order valence-corrected chi connectivity index (χ4v) is 3.69. The number of ether oxygens (including phenoxy) is 2. The summed E-state index contributed by atoms with van der Waals surface area (Å²) >= 11 is 0. The summed E-state index contributed by atoms with van der Waals surface area (Å²) in [5.74, 6) is 0.840. The second-order valence-corrected chi connectivity index (χ2v) is 7.51. The minimum atomic E-state index is -0.210. The summed E-state index contributed by atoms with van der Waals surface area (Å²) in [7, 11) is 0. The van der Waals surface area contributed by atoms with Crippen molar-refractivity contribution in [2.45, 2.75) is 71.6 Å². The van der Waals surface area contributed by atoms with Gasteiger partial charge in [-0.3, -0.25) is 0 Å². The van der Waals surface area contributed by atoms with Gasteiger partial charge in [-0.15, -0.1) is 0 Å². The first-order chi connectivity index (χ1) is 13.7. The molecule has 0 spiro atoms. The molecular weight excluding hydrogens is 353 g/mol. The maximum atomic E-state index is 15.0. The third-order valence-corrected chi connectivity index (χ3v) is 5.31. The van der Waals surface area contributed by atoms with Gasteiger partial charge in [0.05, 0.1) is 18.9 Å². The molecule has 28 heavy (non-hydrogen) atoms. The van der Waals surface area contributed by atoms with Crippen molar-refractivity contribution < 1.29 is 13.9 Å². The van der Waals surface area contributed by atoms with Crippen LogP contribution < -0.4 is 9.47 Å². The summed E-state index contributed by atoms with van der Waals surface area (Å²) in [4.78, 5) is 4.66. The van der Waals surface area contributed by atoms with Gasteiger partial charge >= 0.3 is 0 Å². The highest BCUT2D eigenvalue weighted by molar-refractivity contribution is 5.73. The number of halogens is 1. The molecule has 0 fully saturated rings. The molecule has 0 radical (unpaired) electrons. The number of unbranched alkanes of at least 4 members (excludes halogenated alkanes) is 5. The van der Waals surface area contributed by atoms with E-state index >= 15 is 0 Å². The van der Waals surface area contributed by atoms with Crippen LogP contribution in [0.25, 0.3) is 11.1 Å². The summed E-state index contributed by atoms with van der Waals surface area (Å²) in [5, 5.41) is 0. The van der Waals surface area contributed by atoms with Gasteiger partial charge in [-0.05, 0) is 48.9 Å². The minimum absolute atomic E-state index is 0.210. The Kier molecular flexibility index (Phi) is 7.70. The van der Waals surface area contributed by atoms with Crippen LogP contribution in [-0.4, -0.2) is 18.2 Å². The smallest absolute Gasteiger partial charge is 0.213 e. The van der Waals surface area contributed by atoms with Crippen LogP contribution in [0, 0.1) is 5.82 Å². The topological polar surface area (TPSA) is 31.4 Å². The van der Waals surface area contributed by atoms with E-state index in [0.29, 0.717) is 31.3 Å². The lowest BCUT2D eigenvalue weighted by molar-refractivity contribution is 0.289. The van der Waals surface area contributed by atoms with Crippen LogP contribution in [-0.2, 0) is 12.8 Å². The predicted octanol–water partition coefficient (Wildman–Crippen LogP) is 6.51. The lowest BCUT2D eigenvalue weighted by atomic mass is 9.88. The van der Waals surface area contributed by atoms with Crippen molar-refractivity contribution in [2.75, 3.05) is 13.2 Å². The number of hydrogen-bond donors (Lipinski definition) is 0. The Balaban J connectivity index is 1.69. The van der Waals surface area contributed by atoms with E-state index < -0.39 is 0 Å². The Labute approximate surface area is 168 Å². The quantitative estimate of drug-likeness (QED) is 0.413. The molecule has 1 aliphatic carbocycles. The zero-order chi connectivity index (χ0) is 19.8. The second-order valence-electron chi connectivity index (χ2n) is 7.51. The normalized spacial score (nSPS) is 12.4. The number of pyridine rings is 1. The number of aromatic nitrogens is 1. The van der Waals surface area contributed by atoms with E-state index in [2.05, 4.69) is 18.8 Å². The summed E-state index contributed by atoms with van der Waals surface area (Å²) in [6.45, 7) is 5.63. The largest absolute Gasteiger partial charge is 0.491 e. The maximum Gasteiger partial charge on any atom is 0.213 e. The van der Waals surface area contributed by atoms with Gasteiger partial charge in [-0.1, -0.05) is 52.0 Å². The highest BCUT2D eigenvalue weighted by atomic mass is 19.1. The lowest BCUT2D eigenvalue weighted by Gasteiger charge is -2.21. The van der Waals surface area contributed by atoms with Gasteiger partial charge in [0.15, 0.2) is 11.6 Å². The lowest BCUT2D eigenvalue weighted by Crippen LogP contribution is -2.11. The number of fused-ring (bicyclic) bond motifs is 3. The molecular formula is C24H32FNO2. The highest BCUT2D eigenvalue weighted by Gasteiger charge is 2.23. The van der Waals surface area contributed by atoms with Crippen LogP contribution in [0.5, 0.6) is 11.6 Å². The molecule has 0 saturated carbocycles. The Morgan fingerprint density at radius 1 is 0.821 bits per heavy atom. The van der Waals surface area contributed by atoms with Crippen molar-refractivity contribution in [3.8, 4) is 22.8 Å². The molecule has 1 aromatic heterocycles. The molecule has 2 aromatic rings.